The van der Waals surface area contributed by atoms with Gasteiger partial charge >= 0.3 is 5.97 Å². The lowest BCUT2D eigenvalue weighted by atomic mass is 10.0. The molecule has 0 aromatic heterocycles. The van der Waals surface area contributed by atoms with Crippen molar-refractivity contribution in [2.75, 3.05) is 6.61 Å². The summed E-state index contributed by atoms with van der Waals surface area (Å²) in [4.78, 5) is 26.1. The van der Waals surface area contributed by atoms with E-state index in [1.807, 2.05) is 24.3 Å². The summed E-state index contributed by atoms with van der Waals surface area (Å²) in [6.45, 7) is 6.35. The predicted molar refractivity (Wildman–Crippen MR) is 268 cm³/mol. The third-order valence-electron chi connectivity index (χ3n) is 11.3. The first kappa shape index (κ1) is 59.0. The van der Waals surface area contributed by atoms with Gasteiger partial charge in [0.2, 0.25) is 5.91 Å². The van der Waals surface area contributed by atoms with E-state index in [2.05, 4.69) is 86.8 Å². The van der Waals surface area contributed by atoms with Gasteiger partial charge in [-0.2, -0.15) is 0 Å². The lowest BCUT2D eigenvalue weighted by Crippen LogP contribution is -2.46. The number of carbonyl (C=O) groups is 2. The first-order valence-corrected chi connectivity index (χ1v) is 25.9. The zero-order chi connectivity index (χ0) is 45.2. The number of aliphatic hydroxyl groups is 2. The number of aliphatic hydroxyl groups excluding tert-OH is 2. The van der Waals surface area contributed by atoms with Crippen LogP contribution in [0.5, 0.6) is 0 Å². The highest BCUT2D eigenvalue weighted by molar-refractivity contribution is 5.77. The number of carbonyl (C=O) groups excluding carboxylic acids is 2. The molecule has 3 N–H and O–H groups in total. The molecule has 62 heavy (non-hydrogen) atoms. The molecule has 0 aliphatic carbocycles. The Hall–Kier alpha value is -2.96. The summed E-state index contributed by atoms with van der Waals surface area (Å²) < 4.78 is 5.92. The largest absolute Gasteiger partial charge is 0.462 e. The Labute approximate surface area is 383 Å². The van der Waals surface area contributed by atoms with Crippen molar-refractivity contribution in [1.82, 2.24) is 5.32 Å². The predicted octanol–water partition coefficient (Wildman–Crippen LogP) is 15.6. The van der Waals surface area contributed by atoms with Crippen molar-refractivity contribution in [3.63, 3.8) is 0 Å². The molecular weight excluding hydrogens is 767 g/mol. The third kappa shape index (κ3) is 43.7. The lowest BCUT2D eigenvalue weighted by Gasteiger charge is -2.24. The van der Waals surface area contributed by atoms with Gasteiger partial charge in [0.1, 0.15) is 6.10 Å². The van der Waals surface area contributed by atoms with E-state index in [0.29, 0.717) is 19.3 Å². The number of unbranched alkanes of at least 4 members (excludes halogenated alkanes) is 24. The minimum absolute atomic E-state index is 0.0493. The van der Waals surface area contributed by atoms with Gasteiger partial charge in [-0.1, -0.05) is 234 Å². The Kier molecular flexibility index (Phi) is 46.7. The van der Waals surface area contributed by atoms with E-state index < -0.39 is 18.2 Å². The molecule has 3 unspecified atom stereocenters. The first-order valence-electron chi connectivity index (χ1n) is 25.9. The van der Waals surface area contributed by atoms with Crippen molar-refractivity contribution >= 4 is 11.9 Å². The number of esters is 1. The van der Waals surface area contributed by atoms with Crippen LogP contribution in [0.1, 0.15) is 233 Å². The summed E-state index contributed by atoms with van der Waals surface area (Å²) >= 11 is 0. The molecule has 0 aromatic carbocycles. The van der Waals surface area contributed by atoms with E-state index in [-0.39, 0.29) is 24.9 Å². The summed E-state index contributed by atoms with van der Waals surface area (Å²) in [5.41, 5.74) is 0. The molecule has 356 valence electrons. The zero-order valence-electron chi connectivity index (χ0n) is 40.5. The molecule has 0 aromatic rings. The van der Waals surface area contributed by atoms with Crippen molar-refractivity contribution in [2.45, 2.75) is 251 Å². The second kappa shape index (κ2) is 49.1. The van der Waals surface area contributed by atoms with Crippen LogP contribution in [0.25, 0.3) is 0 Å². The van der Waals surface area contributed by atoms with E-state index >= 15 is 0 Å². The van der Waals surface area contributed by atoms with Gasteiger partial charge in [-0.25, -0.2) is 0 Å². The quantitative estimate of drug-likeness (QED) is 0.0322. The van der Waals surface area contributed by atoms with E-state index in [4.69, 9.17) is 4.74 Å². The maximum absolute atomic E-state index is 13.2. The van der Waals surface area contributed by atoms with Crippen LogP contribution in [-0.4, -0.2) is 46.9 Å². The van der Waals surface area contributed by atoms with Crippen LogP contribution in [0.2, 0.25) is 0 Å². The number of amides is 1. The average Bonchev–Trinajstić information content (AvgIpc) is 3.26. The number of rotatable bonds is 45. The van der Waals surface area contributed by atoms with Gasteiger partial charge in [-0.3, -0.25) is 9.59 Å². The third-order valence-corrected chi connectivity index (χ3v) is 11.3. The van der Waals surface area contributed by atoms with E-state index in [1.54, 1.807) is 0 Å². The average molecular weight is 864 g/mol. The summed E-state index contributed by atoms with van der Waals surface area (Å²) in [6, 6.07) is -0.717. The highest BCUT2D eigenvalue weighted by Gasteiger charge is 2.24. The van der Waals surface area contributed by atoms with Gasteiger partial charge in [0.25, 0.3) is 0 Å². The summed E-state index contributed by atoms with van der Waals surface area (Å²) in [6.07, 6.45) is 63.4. The molecule has 0 spiro atoms. The Morgan fingerprint density at radius 3 is 1.35 bits per heavy atom. The van der Waals surface area contributed by atoms with Gasteiger partial charge in [-0.15, -0.1) is 0 Å². The van der Waals surface area contributed by atoms with Crippen molar-refractivity contribution in [3.8, 4) is 0 Å². The highest BCUT2D eigenvalue weighted by atomic mass is 16.5. The normalized spacial score (nSPS) is 14.0. The molecule has 6 heteroatoms. The van der Waals surface area contributed by atoms with E-state index in [9.17, 15) is 19.8 Å². The minimum atomic E-state index is -0.801. The molecule has 0 radical (unpaired) electrons. The van der Waals surface area contributed by atoms with Gasteiger partial charge in [0.15, 0.2) is 0 Å². The Bertz CT molecular complexity index is 1200. The number of nitrogens with one attached hydrogen (secondary N) is 1. The second-order valence-electron chi connectivity index (χ2n) is 17.4. The number of ether oxygens (including phenoxy) is 1. The van der Waals surface area contributed by atoms with Crippen molar-refractivity contribution in [2.24, 2.45) is 0 Å². The van der Waals surface area contributed by atoms with Gasteiger partial charge in [0.05, 0.1) is 25.2 Å². The Morgan fingerprint density at radius 1 is 0.468 bits per heavy atom. The van der Waals surface area contributed by atoms with Crippen molar-refractivity contribution in [1.29, 1.82) is 0 Å². The fraction of sp³-hybridized carbons (Fsp3) is 0.714. The standard InChI is InChI=1S/C56H97NO5/c1-4-7-10-13-16-19-22-25-26-27-28-29-31-34-37-40-43-46-49-56(61)62-52(47-44-41-38-35-32-30-23-20-17-14-11-8-5-2)50-55(60)57-53(51-58)54(59)48-45-42-39-36-33-24-21-18-15-12-9-6-3/h10,13,16-17,19-20,22-23,25-30,52-54,58-59H,4-9,11-12,14-15,18,21,24,31-51H2,1-3H3,(H,57,60)/b13-10+,19-16+,20-17+,25-22+,27-26+,29-28+,30-23+. The van der Waals surface area contributed by atoms with Crippen LogP contribution in [-0.2, 0) is 14.3 Å². The molecule has 3 atom stereocenters. The summed E-state index contributed by atoms with van der Waals surface area (Å²) in [5.74, 6) is -0.527. The van der Waals surface area contributed by atoms with Crippen LogP contribution < -0.4 is 5.32 Å². The zero-order valence-corrected chi connectivity index (χ0v) is 40.5. The van der Waals surface area contributed by atoms with E-state index in [0.717, 1.165) is 103 Å². The summed E-state index contributed by atoms with van der Waals surface area (Å²) in [7, 11) is 0. The summed E-state index contributed by atoms with van der Waals surface area (Å²) in [5, 5.41) is 23.7. The maximum atomic E-state index is 13.2. The minimum Gasteiger partial charge on any atom is -0.462 e. The monoisotopic (exact) mass is 864 g/mol. The fourth-order valence-corrected chi connectivity index (χ4v) is 7.39. The molecule has 0 rings (SSSR count). The SMILES string of the molecule is CCC/C=C/C=C/C=C/C=C/C=C/CCCCCCCC(=O)OC(CCCCCC/C=C/C=C/CCCCC)CC(=O)NC(CO)C(O)CCCCCCCCCCCCCC. The smallest absolute Gasteiger partial charge is 0.306 e. The molecule has 6 nitrogen and oxygen atoms in total. The van der Waals surface area contributed by atoms with Crippen LogP contribution in [0.4, 0.5) is 0 Å². The van der Waals surface area contributed by atoms with Crippen LogP contribution in [0.15, 0.2) is 85.1 Å². The van der Waals surface area contributed by atoms with Crippen molar-refractivity contribution < 1.29 is 24.5 Å². The molecule has 0 saturated carbocycles. The molecule has 0 saturated heterocycles. The topological polar surface area (TPSA) is 95.9 Å². The second-order valence-corrected chi connectivity index (χ2v) is 17.4. The number of hydrogen-bond donors (Lipinski definition) is 3. The number of hydrogen-bond acceptors (Lipinski definition) is 5. The molecule has 1 amide bonds. The van der Waals surface area contributed by atoms with E-state index in [1.165, 1.54) is 83.5 Å². The number of allylic oxidation sites excluding steroid dienone is 14. The molecule has 0 fully saturated rings. The molecule has 0 aliphatic rings. The van der Waals surface area contributed by atoms with Crippen molar-refractivity contribution in [3.05, 3.63) is 85.1 Å². The maximum Gasteiger partial charge on any atom is 0.306 e. The molecule has 0 bridgehead atoms. The lowest BCUT2D eigenvalue weighted by molar-refractivity contribution is -0.151. The molecule has 0 heterocycles. The molecule has 0 aliphatic heterocycles. The Morgan fingerprint density at radius 2 is 0.855 bits per heavy atom. The van der Waals surface area contributed by atoms with Crippen LogP contribution >= 0.6 is 0 Å². The van der Waals surface area contributed by atoms with Gasteiger partial charge in [0, 0.05) is 6.42 Å². The Balaban J connectivity index is 4.67. The van der Waals surface area contributed by atoms with Gasteiger partial charge < -0.3 is 20.3 Å². The highest BCUT2D eigenvalue weighted by Crippen LogP contribution is 2.17. The first-order chi connectivity index (χ1) is 30.5. The molecular formula is C56H97NO5. The fourth-order valence-electron chi connectivity index (χ4n) is 7.39. The van der Waals surface area contributed by atoms with Gasteiger partial charge in [-0.05, 0) is 70.6 Å². The van der Waals surface area contributed by atoms with Crippen LogP contribution in [0.3, 0.4) is 0 Å². The van der Waals surface area contributed by atoms with Crippen LogP contribution in [0, 0.1) is 0 Å².